The molecule has 0 aliphatic heterocycles. The van der Waals surface area contributed by atoms with Crippen LogP contribution in [-0.2, 0) is 16.7 Å². The van der Waals surface area contributed by atoms with Gasteiger partial charge in [0, 0.05) is 13.0 Å². The summed E-state index contributed by atoms with van der Waals surface area (Å²) in [6.07, 6.45) is 0. The predicted molar refractivity (Wildman–Crippen MR) is 91.5 cm³/mol. The van der Waals surface area contributed by atoms with Gasteiger partial charge < -0.3 is 4.55 Å². The Morgan fingerprint density at radius 1 is 1.12 bits per heavy atom. The maximum atomic E-state index is 13.0. The zero-order chi connectivity index (χ0) is 17.9. The molecule has 1 heterocycles. The number of halogens is 1. The van der Waals surface area contributed by atoms with E-state index < -0.39 is 10.1 Å². The highest BCUT2D eigenvalue weighted by molar-refractivity contribution is 7.85. The van der Waals surface area contributed by atoms with E-state index in [2.05, 4.69) is 18.4 Å². The van der Waals surface area contributed by atoms with Crippen LogP contribution >= 0.6 is 11.3 Å². The molecule has 0 atom stereocenters. The van der Waals surface area contributed by atoms with Gasteiger partial charge in [0.15, 0.2) is 0 Å². The molecule has 24 heavy (non-hydrogen) atoms. The number of fused-ring (bicyclic) bond motifs is 1. The summed E-state index contributed by atoms with van der Waals surface area (Å²) in [6, 6.07) is 10.7. The van der Waals surface area contributed by atoms with Crippen molar-refractivity contribution in [1.29, 1.82) is 0 Å². The lowest BCUT2D eigenvalue weighted by molar-refractivity contribution is -0.669. The van der Waals surface area contributed by atoms with E-state index in [0.29, 0.717) is 0 Å². The molecule has 128 valence electrons. The fraction of sp³-hybridized carbons (Fsp3) is 0.235. The fourth-order valence-electron chi connectivity index (χ4n) is 2.27. The molecule has 1 aromatic heterocycles. The highest BCUT2D eigenvalue weighted by atomic mass is 32.2. The van der Waals surface area contributed by atoms with E-state index in [4.69, 9.17) is 0 Å². The molecule has 3 aromatic rings. The Balaban J connectivity index is 0.000000177. The van der Waals surface area contributed by atoms with E-state index in [1.165, 1.54) is 23.2 Å². The summed E-state index contributed by atoms with van der Waals surface area (Å²) >= 11 is 1.71. The molecule has 0 saturated heterocycles. The minimum absolute atomic E-state index is 0.160. The van der Waals surface area contributed by atoms with Gasteiger partial charge in [0.2, 0.25) is 10.5 Å². The van der Waals surface area contributed by atoms with Gasteiger partial charge >= 0.3 is 0 Å². The van der Waals surface area contributed by atoms with Crippen LogP contribution in [0.4, 0.5) is 4.39 Å². The van der Waals surface area contributed by atoms with Gasteiger partial charge in [-0.25, -0.2) is 12.8 Å². The van der Waals surface area contributed by atoms with Crippen LogP contribution in [-0.4, -0.2) is 13.0 Å². The number of hydrogen-bond acceptors (Lipinski definition) is 4. The van der Waals surface area contributed by atoms with Crippen LogP contribution in [0.15, 0.2) is 47.4 Å². The molecule has 0 aliphatic carbocycles. The van der Waals surface area contributed by atoms with Gasteiger partial charge in [-0.1, -0.05) is 29.0 Å². The zero-order valence-corrected chi connectivity index (χ0v) is 15.2. The summed E-state index contributed by atoms with van der Waals surface area (Å²) in [5.74, 6) is -0.160. The Morgan fingerprint density at radius 2 is 1.75 bits per heavy atom. The molecule has 0 saturated carbocycles. The fourth-order valence-corrected chi connectivity index (χ4v) is 3.80. The second-order valence-corrected chi connectivity index (χ2v) is 7.86. The highest BCUT2D eigenvalue weighted by Gasteiger charge is 2.15. The molecule has 7 heteroatoms. The van der Waals surface area contributed by atoms with Gasteiger partial charge in [-0.2, -0.15) is 4.57 Å². The SMILES string of the molecule is CC[n+]1c(C)sc2ccc(F)cc21.Cc1ccc(S(=O)(=O)[O-])cc1. The predicted octanol–water partition coefficient (Wildman–Crippen LogP) is 3.56. The largest absolute Gasteiger partial charge is 0.744 e. The number of hydrogen-bond donors (Lipinski definition) is 0. The third kappa shape index (κ3) is 4.37. The van der Waals surface area contributed by atoms with Crippen LogP contribution in [0.25, 0.3) is 10.2 Å². The molecule has 0 spiro atoms. The number of rotatable bonds is 2. The van der Waals surface area contributed by atoms with Crippen LogP contribution in [0.1, 0.15) is 17.5 Å². The summed E-state index contributed by atoms with van der Waals surface area (Å²) in [4.78, 5) is -0.178. The molecule has 0 unspecified atom stereocenters. The lowest BCUT2D eigenvalue weighted by Gasteiger charge is -2.05. The van der Waals surface area contributed by atoms with Crippen LogP contribution in [0.3, 0.4) is 0 Å². The molecule has 0 radical (unpaired) electrons. The van der Waals surface area contributed by atoms with E-state index in [0.717, 1.165) is 22.3 Å². The molecule has 0 N–H and O–H groups in total. The Kier molecular flexibility index (Phi) is 5.69. The molecular weight excluding hydrogens is 349 g/mol. The zero-order valence-electron chi connectivity index (χ0n) is 13.6. The van der Waals surface area contributed by atoms with Crippen molar-refractivity contribution in [3.63, 3.8) is 0 Å². The molecule has 0 aliphatic rings. The van der Waals surface area contributed by atoms with Crippen LogP contribution in [0, 0.1) is 19.7 Å². The van der Waals surface area contributed by atoms with Gasteiger partial charge in [0.1, 0.15) is 27.2 Å². The molecule has 0 amide bonds. The van der Waals surface area contributed by atoms with Crippen molar-refractivity contribution in [3.05, 3.63) is 58.9 Å². The van der Waals surface area contributed by atoms with E-state index >= 15 is 0 Å². The normalized spacial score (nSPS) is 11.2. The number of thiazole rings is 1. The molecular formula is C17H18FNO3S2. The summed E-state index contributed by atoms with van der Waals surface area (Å²) < 4.78 is 47.4. The van der Waals surface area contributed by atoms with Crippen LogP contribution < -0.4 is 4.57 Å². The quantitative estimate of drug-likeness (QED) is 0.514. The van der Waals surface area contributed by atoms with E-state index in [1.54, 1.807) is 29.5 Å². The van der Waals surface area contributed by atoms with Crippen LogP contribution in [0.5, 0.6) is 0 Å². The first kappa shape index (κ1) is 18.5. The maximum absolute atomic E-state index is 13.0. The van der Waals surface area contributed by atoms with Gasteiger partial charge in [-0.15, -0.1) is 0 Å². The lowest BCUT2D eigenvalue weighted by Crippen LogP contribution is -2.33. The van der Waals surface area contributed by atoms with Gasteiger partial charge in [0.25, 0.3) is 0 Å². The Morgan fingerprint density at radius 3 is 2.29 bits per heavy atom. The summed E-state index contributed by atoms with van der Waals surface area (Å²) in [6.45, 7) is 6.85. The van der Waals surface area contributed by atoms with E-state index in [1.807, 2.05) is 13.0 Å². The minimum Gasteiger partial charge on any atom is -0.744 e. The summed E-state index contributed by atoms with van der Waals surface area (Å²) in [5, 5.41) is 1.23. The monoisotopic (exact) mass is 367 g/mol. The number of benzene rings is 2. The number of aryl methyl sites for hydroxylation is 3. The van der Waals surface area contributed by atoms with Crippen molar-refractivity contribution >= 4 is 31.7 Å². The first-order chi connectivity index (χ1) is 11.2. The van der Waals surface area contributed by atoms with Crippen molar-refractivity contribution in [3.8, 4) is 0 Å². The second-order valence-electron chi connectivity index (χ2n) is 5.24. The van der Waals surface area contributed by atoms with Crippen molar-refractivity contribution in [1.82, 2.24) is 0 Å². The molecule has 2 aromatic carbocycles. The Labute approximate surface area is 144 Å². The van der Waals surface area contributed by atoms with Gasteiger partial charge in [-0.05, 0) is 38.1 Å². The number of aromatic nitrogens is 1. The molecule has 4 nitrogen and oxygen atoms in total. The first-order valence-corrected chi connectivity index (χ1v) is 9.56. The first-order valence-electron chi connectivity index (χ1n) is 7.33. The minimum atomic E-state index is -4.27. The van der Waals surface area contributed by atoms with E-state index in [9.17, 15) is 17.4 Å². The Hall–Kier alpha value is -1.83. The average Bonchev–Trinajstić information content (AvgIpc) is 2.82. The van der Waals surface area contributed by atoms with Crippen LogP contribution in [0.2, 0.25) is 0 Å². The van der Waals surface area contributed by atoms with E-state index in [-0.39, 0.29) is 10.7 Å². The maximum Gasteiger partial charge on any atom is 0.235 e. The summed E-state index contributed by atoms with van der Waals surface area (Å²) in [5.41, 5.74) is 1.93. The molecule has 3 rings (SSSR count). The van der Waals surface area contributed by atoms with Gasteiger partial charge in [0.05, 0.1) is 4.90 Å². The average molecular weight is 367 g/mol. The Bertz CT molecular complexity index is 948. The van der Waals surface area contributed by atoms with Crippen molar-refractivity contribution in [2.45, 2.75) is 32.2 Å². The number of nitrogens with zero attached hydrogens (tertiary/aromatic N) is 1. The van der Waals surface area contributed by atoms with Crippen molar-refractivity contribution in [2.75, 3.05) is 0 Å². The molecule has 0 bridgehead atoms. The van der Waals surface area contributed by atoms with Crippen molar-refractivity contribution in [2.24, 2.45) is 0 Å². The van der Waals surface area contributed by atoms with Gasteiger partial charge in [-0.3, -0.25) is 0 Å². The topological polar surface area (TPSA) is 61.1 Å². The second kappa shape index (κ2) is 7.38. The standard InChI is InChI=1S/C10H11FNS.C7H8O3S/c1-3-12-7(2)13-10-5-4-8(11)6-9(10)12;1-6-2-4-7(5-3-6)11(8,9)10/h4-6H,3H2,1-2H3;2-5H,1H3,(H,8,9,10)/q+1;/p-1. The lowest BCUT2D eigenvalue weighted by atomic mass is 10.2. The third-order valence-corrected chi connectivity index (χ3v) is 5.41. The summed E-state index contributed by atoms with van der Waals surface area (Å²) in [7, 11) is -4.27. The van der Waals surface area contributed by atoms with Crippen molar-refractivity contribution < 1.29 is 21.9 Å². The smallest absolute Gasteiger partial charge is 0.235 e. The molecule has 0 fully saturated rings. The highest BCUT2D eigenvalue weighted by Crippen LogP contribution is 2.20. The third-order valence-electron chi connectivity index (χ3n) is 3.48.